The summed E-state index contributed by atoms with van der Waals surface area (Å²) in [7, 11) is -2.57. The van der Waals surface area contributed by atoms with E-state index in [1.165, 1.54) is 25.5 Å². The van der Waals surface area contributed by atoms with Crippen LogP contribution >= 0.6 is 11.6 Å². The van der Waals surface area contributed by atoms with Crippen LogP contribution in [0.3, 0.4) is 0 Å². The molecule has 0 aliphatic heterocycles. The van der Waals surface area contributed by atoms with Crippen LogP contribution in [0.2, 0.25) is 5.02 Å². The minimum absolute atomic E-state index is 0.0978. The summed E-state index contributed by atoms with van der Waals surface area (Å²) < 4.78 is 41.5. The molecular formula is C20H25ClN2O5S. The van der Waals surface area contributed by atoms with Gasteiger partial charge in [-0.05, 0) is 55.3 Å². The Morgan fingerprint density at radius 2 is 1.83 bits per heavy atom. The van der Waals surface area contributed by atoms with Crippen molar-refractivity contribution in [2.45, 2.75) is 31.6 Å². The number of hydrogen-bond donors (Lipinski definition) is 1. The minimum atomic E-state index is -3.95. The van der Waals surface area contributed by atoms with E-state index in [0.29, 0.717) is 30.3 Å². The van der Waals surface area contributed by atoms with Crippen LogP contribution in [0.25, 0.3) is 0 Å². The van der Waals surface area contributed by atoms with Crippen molar-refractivity contribution in [3.63, 3.8) is 0 Å². The lowest BCUT2D eigenvalue weighted by molar-refractivity contribution is 0.272. The Morgan fingerprint density at radius 3 is 2.52 bits per heavy atom. The maximum atomic E-state index is 12.5. The molecule has 0 atom stereocenters. The fraction of sp³-hybridized carbons (Fsp3) is 0.350. The first-order valence-corrected chi connectivity index (χ1v) is 11.1. The molecule has 0 bridgehead atoms. The summed E-state index contributed by atoms with van der Waals surface area (Å²) in [5.41, 5.74) is 0.650. The monoisotopic (exact) mass is 440 g/mol. The maximum Gasteiger partial charge on any atom is 0.280 e. The number of ether oxygens (including phenoxy) is 3. The van der Waals surface area contributed by atoms with Crippen LogP contribution in [0.15, 0.2) is 46.4 Å². The molecule has 0 saturated carbocycles. The van der Waals surface area contributed by atoms with Crippen LogP contribution in [0.4, 0.5) is 0 Å². The van der Waals surface area contributed by atoms with Gasteiger partial charge in [-0.15, -0.1) is 0 Å². The maximum absolute atomic E-state index is 12.5. The molecule has 29 heavy (non-hydrogen) atoms. The molecule has 0 aliphatic carbocycles. The first kappa shape index (κ1) is 22.8. The minimum Gasteiger partial charge on any atom is -0.495 e. The summed E-state index contributed by atoms with van der Waals surface area (Å²) in [4.78, 5) is 2.07. The van der Waals surface area contributed by atoms with Gasteiger partial charge in [0.1, 0.15) is 10.6 Å². The van der Waals surface area contributed by atoms with Crippen molar-refractivity contribution < 1.29 is 22.6 Å². The zero-order chi connectivity index (χ0) is 21.3. The van der Waals surface area contributed by atoms with Gasteiger partial charge in [0.05, 0.1) is 26.5 Å². The van der Waals surface area contributed by atoms with E-state index in [-0.39, 0.29) is 15.7 Å². The fourth-order valence-corrected chi connectivity index (χ4v) is 3.62. The van der Waals surface area contributed by atoms with Gasteiger partial charge in [0.15, 0.2) is 11.5 Å². The molecule has 158 valence electrons. The Morgan fingerprint density at radius 1 is 1.07 bits per heavy atom. The summed E-state index contributed by atoms with van der Waals surface area (Å²) in [6, 6.07) is 9.60. The number of sulfonamides is 1. The first-order valence-electron chi connectivity index (χ1n) is 9.19. The quantitative estimate of drug-likeness (QED) is 0.321. The summed E-state index contributed by atoms with van der Waals surface area (Å²) in [6.45, 7) is 5.05. The summed E-state index contributed by atoms with van der Waals surface area (Å²) >= 11 is 5.91. The van der Waals surface area contributed by atoms with E-state index in [2.05, 4.69) is 16.9 Å². The summed E-state index contributed by atoms with van der Waals surface area (Å²) in [5.74, 6) is 1.39. The van der Waals surface area contributed by atoms with Crippen LogP contribution in [0, 0.1) is 0 Å². The van der Waals surface area contributed by atoms with Gasteiger partial charge in [0.2, 0.25) is 0 Å². The van der Waals surface area contributed by atoms with E-state index >= 15 is 0 Å². The van der Waals surface area contributed by atoms with Gasteiger partial charge in [-0.3, -0.25) is 0 Å². The molecule has 7 nitrogen and oxygen atoms in total. The van der Waals surface area contributed by atoms with E-state index in [1.54, 1.807) is 24.3 Å². The SMILES string of the molecule is CCCCOc1ccc(/C=N/NS(=O)(=O)c2cc(Cl)ccc2OC)cc1OCC. The molecule has 0 aromatic heterocycles. The van der Waals surface area contributed by atoms with E-state index in [9.17, 15) is 8.42 Å². The van der Waals surface area contributed by atoms with Gasteiger partial charge < -0.3 is 14.2 Å². The highest BCUT2D eigenvalue weighted by Crippen LogP contribution is 2.29. The van der Waals surface area contributed by atoms with Gasteiger partial charge in [0, 0.05) is 5.02 Å². The van der Waals surface area contributed by atoms with Gasteiger partial charge in [0.25, 0.3) is 10.0 Å². The van der Waals surface area contributed by atoms with Crippen LogP contribution in [0.1, 0.15) is 32.3 Å². The normalized spacial score (nSPS) is 11.4. The Hall–Kier alpha value is -2.45. The highest BCUT2D eigenvalue weighted by molar-refractivity contribution is 7.89. The molecule has 9 heteroatoms. The number of benzene rings is 2. The highest BCUT2D eigenvalue weighted by Gasteiger charge is 2.19. The summed E-state index contributed by atoms with van der Waals surface area (Å²) in [6.07, 6.45) is 3.36. The lowest BCUT2D eigenvalue weighted by Crippen LogP contribution is -2.19. The molecule has 0 saturated heterocycles. The van der Waals surface area contributed by atoms with Crippen molar-refractivity contribution in [2.75, 3.05) is 20.3 Å². The molecule has 0 radical (unpaired) electrons. The van der Waals surface area contributed by atoms with E-state index < -0.39 is 10.0 Å². The smallest absolute Gasteiger partial charge is 0.280 e. The lowest BCUT2D eigenvalue weighted by atomic mass is 10.2. The Balaban J connectivity index is 2.17. The van der Waals surface area contributed by atoms with Crippen molar-refractivity contribution in [1.29, 1.82) is 0 Å². The molecular weight excluding hydrogens is 416 g/mol. The predicted molar refractivity (Wildman–Crippen MR) is 114 cm³/mol. The Kier molecular flexibility index (Phi) is 8.60. The first-order chi connectivity index (χ1) is 13.9. The lowest BCUT2D eigenvalue weighted by Gasteiger charge is -2.12. The van der Waals surface area contributed by atoms with E-state index in [1.807, 2.05) is 6.92 Å². The second-order valence-electron chi connectivity index (χ2n) is 5.99. The largest absolute Gasteiger partial charge is 0.495 e. The molecule has 2 rings (SSSR count). The zero-order valence-corrected chi connectivity index (χ0v) is 18.2. The van der Waals surface area contributed by atoms with Gasteiger partial charge in [-0.2, -0.15) is 18.4 Å². The van der Waals surface area contributed by atoms with Crippen LogP contribution in [-0.2, 0) is 10.0 Å². The third-order valence-electron chi connectivity index (χ3n) is 3.82. The molecule has 0 unspecified atom stereocenters. The third-order valence-corrected chi connectivity index (χ3v) is 5.30. The second-order valence-corrected chi connectivity index (χ2v) is 8.06. The second kappa shape index (κ2) is 10.9. The number of methoxy groups -OCH3 is 1. The number of hydrogen-bond acceptors (Lipinski definition) is 6. The molecule has 0 spiro atoms. The highest BCUT2D eigenvalue weighted by atomic mass is 35.5. The molecule has 1 N–H and O–H groups in total. The number of halogens is 1. The van der Waals surface area contributed by atoms with Gasteiger partial charge >= 0.3 is 0 Å². The third kappa shape index (κ3) is 6.54. The van der Waals surface area contributed by atoms with Crippen molar-refractivity contribution in [3.05, 3.63) is 47.0 Å². The van der Waals surface area contributed by atoms with Gasteiger partial charge in [-0.25, -0.2) is 0 Å². The molecule has 0 heterocycles. The van der Waals surface area contributed by atoms with Crippen LogP contribution in [0.5, 0.6) is 17.2 Å². The number of unbranched alkanes of at least 4 members (excludes halogenated alkanes) is 1. The Bertz CT molecular complexity index is 948. The number of hydrazone groups is 1. The van der Waals surface area contributed by atoms with E-state index in [4.69, 9.17) is 25.8 Å². The standard InChI is InChI=1S/C20H25ClN2O5S/c1-4-6-11-28-17-9-7-15(12-19(17)27-5-2)14-22-23-29(24,25)20-13-16(21)8-10-18(20)26-3/h7-10,12-14,23H,4-6,11H2,1-3H3/b22-14+. The number of nitrogens with one attached hydrogen (secondary N) is 1. The molecule has 0 aliphatic rings. The van der Waals surface area contributed by atoms with Crippen LogP contribution in [-0.4, -0.2) is 35.0 Å². The van der Waals surface area contributed by atoms with Crippen molar-refractivity contribution >= 4 is 27.8 Å². The molecule has 0 fully saturated rings. The van der Waals surface area contributed by atoms with Crippen LogP contribution < -0.4 is 19.0 Å². The van der Waals surface area contributed by atoms with Crippen molar-refractivity contribution in [2.24, 2.45) is 5.10 Å². The molecule has 2 aromatic carbocycles. The Labute approximate surface area is 176 Å². The van der Waals surface area contributed by atoms with E-state index in [0.717, 1.165) is 12.8 Å². The van der Waals surface area contributed by atoms with Crippen molar-refractivity contribution in [1.82, 2.24) is 4.83 Å². The fourth-order valence-electron chi connectivity index (χ4n) is 2.40. The summed E-state index contributed by atoms with van der Waals surface area (Å²) in [5, 5.41) is 4.12. The molecule has 0 amide bonds. The topological polar surface area (TPSA) is 86.2 Å². The number of rotatable bonds is 11. The number of nitrogens with zero attached hydrogens (tertiary/aromatic N) is 1. The van der Waals surface area contributed by atoms with Gasteiger partial charge in [-0.1, -0.05) is 24.9 Å². The zero-order valence-electron chi connectivity index (χ0n) is 16.6. The average molecular weight is 441 g/mol. The predicted octanol–water partition coefficient (Wildman–Crippen LogP) is 4.24. The average Bonchev–Trinajstić information content (AvgIpc) is 2.70. The van der Waals surface area contributed by atoms with Crippen molar-refractivity contribution in [3.8, 4) is 17.2 Å². The molecule has 2 aromatic rings.